The predicted octanol–water partition coefficient (Wildman–Crippen LogP) is 0.693. The lowest BCUT2D eigenvalue weighted by atomic mass is 10.1. The lowest BCUT2D eigenvalue weighted by molar-refractivity contribution is -0.137. The molecule has 15 heavy (non-hydrogen) atoms. The van der Waals surface area contributed by atoms with Crippen LogP contribution in [0.4, 0.5) is 0 Å². The number of methoxy groups -OCH3 is 1. The van der Waals surface area contributed by atoms with Gasteiger partial charge >= 0.3 is 5.97 Å². The molecule has 0 aliphatic carbocycles. The van der Waals surface area contributed by atoms with Gasteiger partial charge in [0.05, 0.1) is 18.4 Å². The van der Waals surface area contributed by atoms with Gasteiger partial charge in [0.25, 0.3) is 0 Å². The summed E-state index contributed by atoms with van der Waals surface area (Å²) in [4.78, 5) is 10.9. The van der Waals surface area contributed by atoms with Crippen molar-refractivity contribution in [1.82, 2.24) is 20.2 Å². The summed E-state index contributed by atoms with van der Waals surface area (Å²) in [5.41, 5.74) is -0.193. The van der Waals surface area contributed by atoms with Crippen molar-refractivity contribution in [2.45, 2.75) is 31.5 Å². The van der Waals surface area contributed by atoms with Crippen LogP contribution < -0.4 is 0 Å². The summed E-state index contributed by atoms with van der Waals surface area (Å²) in [6.45, 7) is 5.97. The van der Waals surface area contributed by atoms with Crippen LogP contribution in [0.15, 0.2) is 5.16 Å². The first-order valence-electron chi connectivity index (χ1n) is 4.43. The van der Waals surface area contributed by atoms with Gasteiger partial charge in [-0.15, -0.1) is 5.10 Å². The predicted molar refractivity (Wildman–Crippen MR) is 55.6 cm³/mol. The van der Waals surface area contributed by atoms with Gasteiger partial charge in [0.2, 0.25) is 5.16 Å². The first-order chi connectivity index (χ1) is 6.95. The van der Waals surface area contributed by atoms with Crippen LogP contribution in [0.3, 0.4) is 0 Å². The molecule has 0 aromatic carbocycles. The molecular weight excluding hydrogens is 216 g/mol. The summed E-state index contributed by atoms with van der Waals surface area (Å²) in [6, 6.07) is 0. The minimum absolute atomic E-state index is 0.193. The number of carbonyl (C=O) groups excluding carboxylic acids is 1. The molecule has 6 nitrogen and oxygen atoms in total. The SMILES string of the molecule is COC(=O)CSc1nnnn1C(C)(C)C. The van der Waals surface area contributed by atoms with Crippen LogP contribution in [0.5, 0.6) is 0 Å². The van der Waals surface area contributed by atoms with Crippen LogP contribution in [0.25, 0.3) is 0 Å². The van der Waals surface area contributed by atoms with E-state index in [4.69, 9.17) is 0 Å². The van der Waals surface area contributed by atoms with Gasteiger partial charge in [0.15, 0.2) is 0 Å². The maximum atomic E-state index is 10.9. The average Bonchev–Trinajstić information content (AvgIpc) is 2.61. The molecule has 0 aliphatic heterocycles. The highest BCUT2D eigenvalue weighted by Gasteiger charge is 2.20. The number of hydrogen-bond donors (Lipinski definition) is 0. The van der Waals surface area contributed by atoms with E-state index in [-0.39, 0.29) is 17.3 Å². The second-order valence-electron chi connectivity index (χ2n) is 3.91. The molecule has 0 aliphatic rings. The Kier molecular flexibility index (Phi) is 3.67. The number of nitrogens with zero attached hydrogens (tertiary/aromatic N) is 4. The van der Waals surface area contributed by atoms with Gasteiger partial charge in [-0.3, -0.25) is 4.79 Å². The van der Waals surface area contributed by atoms with E-state index < -0.39 is 0 Å². The van der Waals surface area contributed by atoms with Gasteiger partial charge in [0.1, 0.15) is 0 Å². The molecule has 1 rings (SSSR count). The molecule has 1 heterocycles. The number of thioether (sulfide) groups is 1. The standard InChI is InChI=1S/C8H14N4O2S/c1-8(2,3)12-7(9-10-11-12)15-5-6(13)14-4/h5H2,1-4H3. The Hall–Kier alpha value is -1.11. The van der Waals surface area contributed by atoms with Gasteiger partial charge in [-0.25, -0.2) is 4.68 Å². The minimum Gasteiger partial charge on any atom is -0.468 e. The van der Waals surface area contributed by atoms with Crippen LogP contribution in [0.1, 0.15) is 20.8 Å². The maximum Gasteiger partial charge on any atom is 0.316 e. The zero-order valence-corrected chi connectivity index (χ0v) is 10.0. The highest BCUT2D eigenvalue weighted by atomic mass is 32.2. The number of ether oxygens (including phenoxy) is 1. The third-order valence-electron chi connectivity index (χ3n) is 1.62. The van der Waals surface area contributed by atoms with Crippen molar-refractivity contribution in [3.05, 3.63) is 0 Å². The van der Waals surface area contributed by atoms with E-state index in [1.54, 1.807) is 4.68 Å². The van der Waals surface area contributed by atoms with Gasteiger partial charge in [-0.1, -0.05) is 11.8 Å². The number of tetrazole rings is 1. The van der Waals surface area contributed by atoms with Crippen LogP contribution >= 0.6 is 11.8 Å². The van der Waals surface area contributed by atoms with Gasteiger partial charge < -0.3 is 4.74 Å². The minimum atomic E-state index is -0.288. The summed E-state index contributed by atoms with van der Waals surface area (Å²) >= 11 is 1.27. The summed E-state index contributed by atoms with van der Waals surface area (Å²) < 4.78 is 6.22. The fourth-order valence-corrected chi connectivity index (χ4v) is 1.76. The van der Waals surface area contributed by atoms with Crippen LogP contribution in [-0.4, -0.2) is 39.0 Å². The number of carbonyl (C=O) groups is 1. The Bertz CT molecular complexity index is 345. The quantitative estimate of drug-likeness (QED) is 0.562. The lowest BCUT2D eigenvalue weighted by Crippen LogP contribution is -2.24. The van der Waals surface area contributed by atoms with Crippen LogP contribution in [0.2, 0.25) is 0 Å². The third-order valence-corrected chi connectivity index (χ3v) is 2.52. The Morgan fingerprint density at radius 3 is 2.73 bits per heavy atom. The number of aromatic nitrogens is 4. The Balaban J connectivity index is 2.70. The maximum absolute atomic E-state index is 10.9. The van der Waals surface area contributed by atoms with E-state index in [0.717, 1.165) is 0 Å². The molecule has 0 amide bonds. The van der Waals surface area contributed by atoms with E-state index in [0.29, 0.717) is 5.16 Å². The molecule has 7 heteroatoms. The average molecular weight is 230 g/mol. The summed E-state index contributed by atoms with van der Waals surface area (Å²) in [6.07, 6.45) is 0. The summed E-state index contributed by atoms with van der Waals surface area (Å²) in [5.74, 6) is -0.0732. The number of rotatable bonds is 3. The molecule has 0 saturated carbocycles. The fourth-order valence-electron chi connectivity index (χ4n) is 0.872. The number of esters is 1. The molecule has 0 radical (unpaired) electrons. The lowest BCUT2D eigenvalue weighted by Gasteiger charge is -2.19. The fraction of sp³-hybridized carbons (Fsp3) is 0.750. The molecule has 0 N–H and O–H groups in total. The molecule has 0 atom stereocenters. The molecule has 0 fully saturated rings. The van der Waals surface area contributed by atoms with Crippen molar-refractivity contribution >= 4 is 17.7 Å². The van der Waals surface area contributed by atoms with E-state index >= 15 is 0 Å². The largest absolute Gasteiger partial charge is 0.468 e. The summed E-state index contributed by atoms with van der Waals surface area (Å²) in [5, 5.41) is 11.9. The van der Waals surface area contributed by atoms with Gasteiger partial charge in [-0.2, -0.15) is 0 Å². The Labute approximate surface area is 92.4 Å². The normalized spacial score (nSPS) is 11.5. The van der Waals surface area contributed by atoms with Gasteiger partial charge in [-0.05, 0) is 31.2 Å². The zero-order chi connectivity index (χ0) is 11.5. The highest BCUT2D eigenvalue weighted by Crippen LogP contribution is 2.21. The van der Waals surface area contributed by atoms with Crippen LogP contribution in [-0.2, 0) is 15.1 Å². The van der Waals surface area contributed by atoms with E-state index in [1.165, 1.54) is 18.9 Å². The van der Waals surface area contributed by atoms with Gasteiger partial charge in [0, 0.05) is 0 Å². The van der Waals surface area contributed by atoms with Crippen molar-refractivity contribution in [2.24, 2.45) is 0 Å². The highest BCUT2D eigenvalue weighted by molar-refractivity contribution is 7.99. The summed E-state index contributed by atoms with van der Waals surface area (Å²) in [7, 11) is 1.36. The molecule has 1 aromatic rings. The van der Waals surface area contributed by atoms with Crippen molar-refractivity contribution in [3.8, 4) is 0 Å². The Morgan fingerprint density at radius 1 is 1.53 bits per heavy atom. The van der Waals surface area contributed by atoms with E-state index in [2.05, 4.69) is 20.3 Å². The molecule has 0 saturated heterocycles. The second kappa shape index (κ2) is 4.61. The van der Waals surface area contributed by atoms with E-state index in [1.807, 2.05) is 20.8 Å². The Morgan fingerprint density at radius 2 is 2.20 bits per heavy atom. The van der Waals surface area contributed by atoms with Crippen molar-refractivity contribution in [1.29, 1.82) is 0 Å². The van der Waals surface area contributed by atoms with E-state index in [9.17, 15) is 4.79 Å². The molecule has 0 unspecified atom stereocenters. The van der Waals surface area contributed by atoms with Crippen molar-refractivity contribution < 1.29 is 9.53 Å². The first kappa shape index (κ1) is 12.0. The number of hydrogen-bond acceptors (Lipinski definition) is 6. The second-order valence-corrected chi connectivity index (χ2v) is 4.85. The molecule has 0 spiro atoms. The monoisotopic (exact) mass is 230 g/mol. The third kappa shape index (κ3) is 3.19. The zero-order valence-electron chi connectivity index (χ0n) is 9.22. The van der Waals surface area contributed by atoms with Crippen LogP contribution in [0, 0.1) is 0 Å². The molecule has 0 bridgehead atoms. The van der Waals surface area contributed by atoms with Crippen molar-refractivity contribution in [2.75, 3.05) is 12.9 Å². The molecular formula is C8H14N4O2S. The first-order valence-corrected chi connectivity index (χ1v) is 5.42. The molecule has 84 valence electrons. The molecule has 1 aromatic heterocycles. The van der Waals surface area contributed by atoms with Crippen molar-refractivity contribution in [3.63, 3.8) is 0 Å². The topological polar surface area (TPSA) is 69.9 Å². The smallest absolute Gasteiger partial charge is 0.316 e.